The molecule has 0 aromatic heterocycles. The van der Waals surface area contributed by atoms with Gasteiger partial charge in [-0.05, 0) is 70.0 Å². The van der Waals surface area contributed by atoms with Gasteiger partial charge in [0.2, 0.25) is 0 Å². The Labute approximate surface area is 179 Å². The van der Waals surface area contributed by atoms with Crippen molar-refractivity contribution >= 4 is 38.0 Å². The first-order valence-electron chi connectivity index (χ1n) is 8.74. The molecule has 0 fully saturated rings. The number of carbonyl (C=O) groups excluding carboxylic acids is 1. The molecule has 2 aromatic carbocycles. The number of hydrogen-bond acceptors (Lipinski definition) is 3. The molecule has 0 aliphatic carbocycles. The number of amides is 1. The standard InChI is InChI=1S/C13H18BrNO2.C8H10BrN/c1-9(10-6-5-7-11(14)8-10)15-12(16)17-13(2,3)4;1-6(10)7-3-2-4-8(9)5-7/h5-9H,1-4H3,(H,15,16);2-6H,10H2,1H3/t9-;6-/m11/s1. The molecular weight excluding hydrogens is 472 g/mol. The Morgan fingerprint density at radius 3 is 1.89 bits per heavy atom. The third-order valence-electron chi connectivity index (χ3n) is 3.46. The Hall–Kier alpha value is -1.37. The minimum Gasteiger partial charge on any atom is -0.444 e. The molecule has 0 saturated heterocycles. The first kappa shape index (κ1) is 23.7. The number of nitrogens with two attached hydrogens (primary N) is 1. The van der Waals surface area contributed by atoms with Crippen molar-refractivity contribution in [3.05, 3.63) is 68.6 Å². The zero-order valence-corrected chi connectivity index (χ0v) is 19.6. The summed E-state index contributed by atoms with van der Waals surface area (Å²) in [5, 5.41) is 2.80. The van der Waals surface area contributed by atoms with Gasteiger partial charge in [0.25, 0.3) is 0 Å². The average Bonchev–Trinajstić information content (AvgIpc) is 2.53. The number of halogens is 2. The molecule has 4 nitrogen and oxygen atoms in total. The Morgan fingerprint density at radius 2 is 1.48 bits per heavy atom. The van der Waals surface area contributed by atoms with Crippen LogP contribution in [0.25, 0.3) is 0 Å². The highest BCUT2D eigenvalue weighted by molar-refractivity contribution is 9.10. The Morgan fingerprint density at radius 1 is 1.00 bits per heavy atom. The normalized spacial score (nSPS) is 13.0. The second kappa shape index (κ2) is 10.8. The maximum atomic E-state index is 11.6. The minimum absolute atomic E-state index is 0.0812. The van der Waals surface area contributed by atoms with Gasteiger partial charge >= 0.3 is 6.09 Å². The van der Waals surface area contributed by atoms with Gasteiger partial charge in [0.05, 0.1) is 6.04 Å². The van der Waals surface area contributed by atoms with Gasteiger partial charge in [0, 0.05) is 15.0 Å². The van der Waals surface area contributed by atoms with Gasteiger partial charge in [0.1, 0.15) is 5.60 Å². The number of alkyl carbamates (subject to hydrolysis) is 1. The second-order valence-electron chi connectivity index (χ2n) is 7.27. The van der Waals surface area contributed by atoms with Gasteiger partial charge < -0.3 is 15.8 Å². The summed E-state index contributed by atoms with van der Waals surface area (Å²) in [4.78, 5) is 11.6. The van der Waals surface area contributed by atoms with Gasteiger partial charge in [-0.1, -0.05) is 56.1 Å². The largest absolute Gasteiger partial charge is 0.444 e. The van der Waals surface area contributed by atoms with Crippen LogP contribution in [-0.2, 0) is 4.74 Å². The van der Waals surface area contributed by atoms with Gasteiger partial charge in [-0.2, -0.15) is 0 Å². The SMILES string of the molecule is C[C@@H](N)c1cccc(Br)c1.C[C@@H](NC(=O)OC(C)(C)C)c1cccc(Br)c1. The maximum absolute atomic E-state index is 11.6. The zero-order chi connectivity index (χ0) is 20.6. The highest BCUT2D eigenvalue weighted by Crippen LogP contribution is 2.18. The molecule has 2 rings (SSSR count). The van der Waals surface area contributed by atoms with Crippen LogP contribution in [0.2, 0.25) is 0 Å². The Bertz CT molecular complexity index is 743. The number of rotatable bonds is 3. The highest BCUT2D eigenvalue weighted by Gasteiger charge is 2.18. The van der Waals surface area contributed by atoms with E-state index in [0.717, 1.165) is 20.1 Å². The van der Waals surface area contributed by atoms with E-state index in [0.29, 0.717) is 0 Å². The quantitative estimate of drug-likeness (QED) is 0.506. The van der Waals surface area contributed by atoms with Crippen molar-refractivity contribution in [1.82, 2.24) is 5.32 Å². The Kier molecular flexibility index (Phi) is 9.50. The molecule has 0 aliphatic rings. The first-order chi connectivity index (χ1) is 12.5. The molecule has 6 heteroatoms. The monoisotopic (exact) mass is 498 g/mol. The average molecular weight is 500 g/mol. The molecule has 0 bridgehead atoms. The third-order valence-corrected chi connectivity index (χ3v) is 4.44. The van der Waals surface area contributed by atoms with Gasteiger partial charge in [-0.3, -0.25) is 0 Å². The van der Waals surface area contributed by atoms with Gasteiger partial charge in [-0.15, -0.1) is 0 Å². The van der Waals surface area contributed by atoms with Crippen LogP contribution in [0, 0.1) is 0 Å². The van der Waals surface area contributed by atoms with E-state index in [1.54, 1.807) is 0 Å². The summed E-state index contributed by atoms with van der Waals surface area (Å²) in [5.74, 6) is 0. The summed E-state index contributed by atoms with van der Waals surface area (Å²) >= 11 is 6.78. The van der Waals surface area contributed by atoms with Crippen molar-refractivity contribution in [3.8, 4) is 0 Å². The molecule has 0 spiro atoms. The van der Waals surface area contributed by atoms with Crippen LogP contribution in [0.5, 0.6) is 0 Å². The van der Waals surface area contributed by atoms with Gasteiger partial charge in [0.15, 0.2) is 0 Å². The Balaban J connectivity index is 0.000000309. The van der Waals surface area contributed by atoms with Crippen molar-refractivity contribution < 1.29 is 9.53 Å². The summed E-state index contributed by atoms with van der Waals surface area (Å²) in [7, 11) is 0. The predicted octanol–water partition coefficient (Wildman–Crippen LogP) is 6.50. The van der Waals surface area contributed by atoms with E-state index in [4.69, 9.17) is 10.5 Å². The maximum Gasteiger partial charge on any atom is 0.408 e. The molecular formula is C21H28Br2N2O2. The van der Waals surface area contributed by atoms with Crippen molar-refractivity contribution in [3.63, 3.8) is 0 Å². The number of ether oxygens (including phenoxy) is 1. The van der Waals surface area contributed by atoms with E-state index < -0.39 is 11.7 Å². The smallest absolute Gasteiger partial charge is 0.408 e. The third kappa shape index (κ3) is 9.94. The van der Waals surface area contributed by atoms with E-state index in [9.17, 15) is 4.79 Å². The number of benzene rings is 2. The fourth-order valence-corrected chi connectivity index (χ4v) is 2.97. The molecule has 0 saturated carbocycles. The van der Waals surface area contributed by atoms with E-state index >= 15 is 0 Å². The van der Waals surface area contributed by atoms with Gasteiger partial charge in [-0.25, -0.2) is 4.79 Å². The van der Waals surface area contributed by atoms with Crippen LogP contribution in [0.15, 0.2) is 57.5 Å². The zero-order valence-electron chi connectivity index (χ0n) is 16.4. The molecule has 148 valence electrons. The molecule has 27 heavy (non-hydrogen) atoms. The van der Waals surface area contributed by atoms with Crippen LogP contribution in [-0.4, -0.2) is 11.7 Å². The van der Waals surface area contributed by atoms with E-state index in [1.165, 1.54) is 0 Å². The number of hydrogen-bond donors (Lipinski definition) is 2. The van der Waals surface area contributed by atoms with Crippen LogP contribution >= 0.6 is 31.9 Å². The molecule has 3 N–H and O–H groups in total. The lowest BCUT2D eigenvalue weighted by Gasteiger charge is -2.22. The van der Waals surface area contributed by atoms with Crippen LogP contribution in [0.1, 0.15) is 57.8 Å². The molecule has 2 aromatic rings. The number of nitrogens with one attached hydrogen (secondary N) is 1. The summed E-state index contributed by atoms with van der Waals surface area (Å²) in [6, 6.07) is 15.9. The van der Waals surface area contributed by atoms with Crippen molar-refractivity contribution in [2.24, 2.45) is 5.73 Å². The predicted molar refractivity (Wildman–Crippen MR) is 119 cm³/mol. The van der Waals surface area contributed by atoms with Crippen molar-refractivity contribution in [1.29, 1.82) is 0 Å². The van der Waals surface area contributed by atoms with Crippen LogP contribution in [0.4, 0.5) is 4.79 Å². The van der Waals surface area contributed by atoms with Crippen LogP contribution in [0.3, 0.4) is 0 Å². The molecule has 2 atom stereocenters. The summed E-state index contributed by atoms with van der Waals surface area (Å²) in [6.45, 7) is 9.43. The summed E-state index contributed by atoms with van der Waals surface area (Å²) in [5.41, 5.74) is 7.38. The van der Waals surface area contributed by atoms with E-state index in [1.807, 2.05) is 83.1 Å². The topological polar surface area (TPSA) is 64.3 Å². The number of carbonyl (C=O) groups is 1. The van der Waals surface area contributed by atoms with E-state index in [-0.39, 0.29) is 12.1 Å². The lowest BCUT2D eigenvalue weighted by atomic mass is 10.1. The minimum atomic E-state index is -0.471. The first-order valence-corrected chi connectivity index (χ1v) is 10.3. The lowest BCUT2D eigenvalue weighted by Crippen LogP contribution is -2.34. The second-order valence-corrected chi connectivity index (χ2v) is 9.10. The molecule has 0 aliphatic heterocycles. The summed E-state index contributed by atoms with van der Waals surface area (Å²) < 4.78 is 7.28. The fraction of sp³-hybridized carbons (Fsp3) is 0.381. The highest BCUT2D eigenvalue weighted by atomic mass is 79.9. The fourth-order valence-electron chi connectivity index (χ4n) is 2.13. The van der Waals surface area contributed by atoms with E-state index in [2.05, 4.69) is 37.2 Å². The molecule has 0 unspecified atom stereocenters. The van der Waals surface area contributed by atoms with Crippen LogP contribution < -0.4 is 11.1 Å². The van der Waals surface area contributed by atoms with Crippen molar-refractivity contribution in [2.75, 3.05) is 0 Å². The summed E-state index contributed by atoms with van der Waals surface area (Å²) in [6.07, 6.45) is -0.398. The van der Waals surface area contributed by atoms with Crippen molar-refractivity contribution in [2.45, 2.75) is 52.3 Å². The molecule has 0 radical (unpaired) electrons. The molecule has 0 heterocycles. The lowest BCUT2D eigenvalue weighted by molar-refractivity contribution is 0.0508. The molecule has 1 amide bonds.